The van der Waals surface area contributed by atoms with Crippen LogP contribution in [0.2, 0.25) is 0 Å². The molecule has 0 bridgehead atoms. The highest BCUT2D eigenvalue weighted by Gasteiger charge is 2.32. The molecule has 0 amide bonds. The van der Waals surface area contributed by atoms with Gasteiger partial charge in [0, 0.05) is 5.92 Å². The highest BCUT2D eigenvalue weighted by molar-refractivity contribution is 5.89. The second-order valence-electron chi connectivity index (χ2n) is 4.44. The molecule has 2 atom stereocenters. The van der Waals surface area contributed by atoms with Gasteiger partial charge in [0.25, 0.3) is 0 Å². The third-order valence-electron chi connectivity index (χ3n) is 3.11. The largest absolute Gasteiger partial charge is 0.395 e. The molecule has 0 saturated carbocycles. The summed E-state index contributed by atoms with van der Waals surface area (Å²) < 4.78 is 11.3. The average Bonchev–Trinajstić information content (AvgIpc) is 2.85. The highest BCUT2D eigenvalue weighted by Crippen LogP contribution is 2.23. The minimum atomic E-state index is 0.130. The number of nitrogens with zero attached hydrogens (tertiary/aromatic N) is 1. The van der Waals surface area contributed by atoms with Gasteiger partial charge in [-0.05, 0) is 12.0 Å². The van der Waals surface area contributed by atoms with Crippen LogP contribution in [0.3, 0.4) is 0 Å². The van der Waals surface area contributed by atoms with Crippen molar-refractivity contribution in [2.75, 3.05) is 26.4 Å². The van der Waals surface area contributed by atoms with Crippen molar-refractivity contribution in [3.05, 3.63) is 37.0 Å². The van der Waals surface area contributed by atoms with Crippen molar-refractivity contribution in [3.63, 3.8) is 0 Å². The second-order valence-corrected chi connectivity index (χ2v) is 4.44. The topological polar surface area (TPSA) is 40.0 Å². The number of hydrogen-bond donors (Lipinski definition) is 0. The van der Waals surface area contributed by atoms with E-state index in [2.05, 4.69) is 18.3 Å². The summed E-state index contributed by atoms with van der Waals surface area (Å²) in [5.41, 5.74) is 2.05. The van der Waals surface area contributed by atoms with Crippen molar-refractivity contribution in [1.29, 1.82) is 0 Å². The molecule has 0 aromatic heterocycles. The Labute approximate surface area is 108 Å². The van der Waals surface area contributed by atoms with Crippen molar-refractivity contribution in [2.45, 2.75) is 12.5 Å². The van der Waals surface area contributed by atoms with Crippen LogP contribution in [0, 0.1) is 5.92 Å². The summed E-state index contributed by atoms with van der Waals surface area (Å²) in [5, 5.41) is 3.96. The minimum absolute atomic E-state index is 0.130. The number of fused-ring (bicyclic) bond motifs is 1. The Kier molecular flexibility index (Phi) is 4.73. The zero-order valence-electron chi connectivity index (χ0n) is 10.5. The fourth-order valence-electron chi connectivity index (χ4n) is 2.07. The maximum Gasteiger partial charge on any atom is 0.125 e. The molecule has 0 aromatic rings. The van der Waals surface area contributed by atoms with Gasteiger partial charge in [-0.2, -0.15) is 0 Å². The van der Waals surface area contributed by atoms with Gasteiger partial charge in [0.05, 0.1) is 31.6 Å². The van der Waals surface area contributed by atoms with Crippen molar-refractivity contribution >= 4 is 5.71 Å². The first-order valence-electron chi connectivity index (χ1n) is 6.15. The van der Waals surface area contributed by atoms with Crippen LogP contribution in [0.1, 0.15) is 6.42 Å². The van der Waals surface area contributed by atoms with Crippen LogP contribution in [0.25, 0.3) is 0 Å². The number of rotatable bonds is 6. The zero-order chi connectivity index (χ0) is 12.8. The van der Waals surface area contributed by atoms with Gasteiger partial charge in [-0.1, -0.05) is 36.5 Å². The van der Waals surface area contributed by atoms with Gasteiger partial charge < -0.3 is 14.3 Å². The Hall–Kier alpha value is -1.39. The van der Waals surface area contributed by atoms with Gasteiger partial charge in [-0.15, -0.1) is 0 Å². The van der Waals surface area contributed by atoms with Crippen LogP contribution in [0.15, 0.2) is 42.1 Å². The molecule has 4 nitrogen and oxygen atoms in total. The van der Waals surface area contributed by atoms with Gasteiger partial charge in [0.1, 0.15) is 6.61 Å². The van der Waals surface area contributed by atoms with Crippen LogP contribution in [0.5, 0.6) is 0 Å². The van der Waals surface area contributed by atoms with E-state index in [0.717, 1.165) is 17.7 Å². The Morgan fingerprint density at radius 2 is 2.39 bits per heavy atom. The predicted molar refractivity (Wildman–Crippen MR) is 70.5 cm³/mol. The van der Waals surface area contributed by atoms with Crippen LogP contribution >= 0.6 is 0 Å². The van der Waals surface area contributed by atoms with Gasteiger partial charge >= 0.3 is 0 Å². The van der Waals surface area contributed by atoms with E-state index in [1.165, 1.54) is 0 Å². The summed E-state index contributed by atoms with van der Waals surface area (Å²) in [6.07, 6.45) is 6.46. The highest BCUT2D eigenvalue weighted by atomic mass is 16.6. The predicted octanol–water partition coefficient (Wildman–Crippen LogP) is 2.09. The zero-order valence-corrected chi connectivity index (χ0v) is 10.5. The Bertz CT molecular complexity index is 373. The van der Waals surface area contributed by atoms with E-state index in [9.17, 15) is 0 Å². The molecule has 1 fully saturated rings. The maximum absolute atomic E-state index is 5.67. The average molecular weight is 249 g/mol. The Morgan fingerprint density at radius 1 is 1.50 bits per heavy atom. The molecule has 0 aliphatic carbocycles. The van der Waals surface area contributed by atoms with Gasteiger partial charge in [0.2, 0.25) is 0 Å². The molecule has 0 N–H and O–H groups in total. The molecule has 2 aliphatic rings. The lowest BCUT2D eigenvalue weighted by Gasteiger charge is -2.26. The lowest BCUT2D eigenvalue weighted by Crippen LogP contribution is -2.36. The van der Waals surface area contributed by atoms with Crippen LogP contribution in [0.4, 0.5) is 0 Å². The van der Waals surface area contributed by atoms with Crippen LogP contribution < -0.4 is 0 Å². The fourth-order valence-corrected chi connectivity index (χ4v) is 2.07. The van der Waals surface area contributed by atoms with Gasteiger partial charge in [-0.3, -0.25) is 0 Å². The fraction of sp³-hybridized carbons (Fsp3) is 0.500. The lowest BCUT2D eigenvalue weighted by atomic mass is 9.95. The van der Waals surface area contributed by atoms with E-state index in [1.807, 2.05) is 6.08 Å². The Balaban J connectivity index is 1.71. The first-order valence-corrected chi connectivity index (χ1v) is 6.15. The molecular weight excluding hydrogens is 230 g/mol. The van der Waals surface area contributed by atoms with Crippen molar-refractivity contribution in [3.8, 4) is 0 Å². The number of allylic oxidation sites excluding steroid dienone is 2. The molecular formula is C14H19NO3. The van der Waals surface area contributed by atoms with Gasteiger partial charge in [0.15, 0.2) is 0 Å². The summed E-state index contributed by atoms with van der Waals surface area (Å²) in [7, 11) is 0. The summed E-state index contributed by atoms with van der Waals surface area (Å²) in [6.45, 7) is 9.76. The van der Waals surface area contributed by atoms with E-state index >= 15 is 0 Å². The molecule has 2 rings (SSSR count). The quantitative estimate of drug-likeness (QED) is 0.677. The third-order valence-corrected chi connectivity index (χ3v) is 3.11. The lowest BCUT2D eigenvalue weighted by molar-refractivity contribution is -0.0170. The van der Waals surface area contributed by atoms with E-state index in [1.54, 1.807) is 12.2 Å². The molecule has 0 radical (unpaired) electrons. The minimum Gasteiger partial charge on any atom is -0.395 e. The van der Waals surface area contributed by atoms with Crippen LogP contribution in [-0.2, 0) is 14.3 Å². The summed E-state index contributed by atoms with van der Waals surface area (Å²) in [5.74, 6) is 0.412. The van der Waals surface area contributed by atoms with Crippen LogP contribution in [-0.4, -0.2) is 38.2 Å². The molecule has 0 spiro atoms. The maximum atomic E-state index is 5.67. The third kappa shape index (κ3) is 3.31. The van der Waals surface area contributed by atoms with E-state index in [-0.39, 0.29) is 6.10 Å². The first-order chi connectivity index (χ1) is 8.83. The second kappa shape index (κ2) is 6.52. The monoisotopic (exact) mass is 249 g/mol. The summed E-state index contributed by atoms with van der Waals surface area (Å²) >= 11 is 0. The number of ether oxygens (including phenoxy) is 2. The molecule has 1 saturated heterocycles. The molecule has 2 aliphatic heterocycles. The SMILES string of the molecule is C=C/C=C(\C=C)COC[C@H]1C[C@H]2CON=C2CO1. The van der Waals surface area contributed by atoms with Crippen molar-refractivity contribution in [2.24, 2.45) is 11.1 Å². The van der Waals surface area contributed by atoms with Crippen molar-refractivity contribution < 1.29 is 14.3 Å². The van der Waals surface area contributed by atoms with E-state index < -0.39 is 0 Å². The Morgan fingerprint density at radius 3 is 3.17 bits per heavy atom. The molecule has 0 unspecified atom stereocenters. The first kappa shape index (κ1) is 13.1. The molecule has 98 valence electrons. The van der Waals surface area contributed by atoms with Crippen molar-refractivity contribution in [1.82, 2.24) is 0 Å². The summed E-state index contributed by atoms with van der Waals surface area (Å²) in [6, 6.07) is 0. The molecule has 0 aromatic carbocycles. The van der Waals surface area contributed by atoms with Gasteiger partial charge in [-0.25, -0.2) is 0 Å². The summed E-state index contributed by atoms with van der Waals surface area (Å²) in [4.78, 5) is 5.07. The smallest absolute Gasteiger partial charge is 0.125 e. The van der Waals surface area contributed by atoms with E-state index in [4.69, 9.17) is 14.3 Å². The molecule has 2 heterocycles. The van der Waals surface area contributed by atoms with E-state index in [0.29, 0.717) is 32.3 Å². The number of oxime groups is 1. The number of hydrogen-bond acceptors (Lipinski definition) is 4. The molecule has 18 heavy (non-hydrogen) atoms. The standard InChI is InChI=1S/C14H19NO3/c1-3-5-11(4-2)7-16-9-13-6-12-8-18-15-14(12)10-17-13/h3-5,12-13H,1-2,6-10H2/b11-5+/t12-,13+/m0/s1. The molecule has 4 heteroatoms. The normalized spacial score (nSPS) is 27.1.